The van der Waals surface area contributed by atoms with Crippen LogP contribution < -0.4 is 10.2 Å². The summed E-state index contributed by atoms with van der Waals surface area (Å²) >= 11 is 3.69. The van der Waals surface area contributed by atoms with Crippen molar-refractivity contribution < 1.29 is 4.74 Å². The van der Waals surface area contributed by atoms with Gasteiger partial charge in [-0.2, -0.15) is 0 Å². The third kappa shape index (κ3) is 2.96. The molecule has 2 fully saturated rings. The van der Waals surface area contributed by atoms with E-state index in [1.807, 2.05) is 0 Å². The molecule has 2 atom stereocenters. The third-order valence-electron chi connectivity index (χ3n) is 4.01. The van der Waals surface area contributed by atoms with Crippen LogP contribution in [0.5, 0.6) is 0 Å². The molecule has 2 saturated heterocycles. The predicted molar refractivity (Wildman–Crippen MR) is 81.6 cm³/mol. The van der Waals surface area contributed by atoms with Crippen molar-refractivity contribution in [3.63, 3.8) is 0 Å². The van der Waals surface area contributed by atoms with Gasteiger partial charge in [0.15, 0.2) is 0 Å². The van der Waals surface area contributed by atoms with Gasteiger partial charge in [0.05, 0.1) is 12.2 Å². The van der Waals surface area contributed by atoms with Gasteiger partial charge in [-0.05, 0) is 37.1 Å². The highest BCUT2D eigenvalue weighted by atomic mass is 79.9. The fraction of sp³-hybridized carbons (Fsp3) is 0.600. The number of fused-ring (bicyclic) bond motifs is 2. The molecule has 104 valence electrons. The lowest BCUT2D eigenvalue weighted by atomic mass is 10.1. The summed E-state index contributed by atoms with van der Waals surface area (Å²) in [5, 5.41) is 3.36. The third-order valence-corrected chi connectivity index (χ3v) is 4.75. The van der Waals surface area contributed by atoms with Gasteiger partial charge in [-0.15, -0.1) is 0 Å². The largest absolute Gasteiger partial charge is 0.371 e. The van der Waals surface area contributed by atoms with Crippen molar-refractivity contribution in [2.24, 2.45) is 0 Å². The maximum absolute atomic E-state index is 5.89. The van der Waals surface area contributed by atoms with Crippen LogP contribution in [0.4, 0.5) is 5.69 Å². The molecular weight excluding hydrogens is 304 g/mol. The first-order valence-electron chi connectivity index (χ1n) is 7.16. The highest BCUT2D eigenvalue weighted by Crippen LogP contribution is 2.31. The Morgan fingerprint density at radius 1 is 1.32 bits per heavy atom. The van der Waals surface area contributed by atoms with Crippen molar-refractivity contribution in [2.45, 2.75) is 38.5 Å². The van der Waals surface area contributed by atoms with Gasteiger partial charge < -0.3 is 15.0 Å². The second-order valence-electron chi connectivity index (χ2n) is 5.42. The Kier molecular flexibility index (Phi) is 4.10. The first-order chi connectivity index (χ1) is 9.26. The fourth-order valence-corrected chi connectivity index (χ4v) is 3.47. The van der Waals surface area contributed by atoms with Gasteiger partial charge in [0, 0.05) is 29.8 Å². The highest BCUT2D eigenvalue weighted by Gasteiger charge is 2.33. The lowest BCUT2D eigenvalue weighted by Crippen LogP contribution is -2.42. The Morgan fingerprint density at radius 3 is 2.68 bits per heavy atom. The molecule has 0 aliphatic carbocycles. The van der Waals surface area contributed by atoms with Gasteiger partial charge >= 0.3 is 0 Å². The van der Waals surface area contributed by atoms with E-state index in [0.29, 0.717) is 12.2 Å². The summed E-state index contributed by atoms with van der Waals surface area (Å²) in [5.41, 5.74) is 2.63. The van der Waals surface area contributed by atoms with Crippen molar-refractivity contribution in [3.8, 4) is 0 Å². The lowest BCUT2D eigenvalue weighted by Gasteiger charge is -2.34. The second-order valence-corrected chi connectivity index (χ2v) is 6.27. The molecule has 1 aromatic rings. The van der Waals surface area contributed by atoms with Crippen LogP contribution >= 0.6 is 15.9 Å². The van der Waals surface area contributed by atoms with Gasteiger partial charge in [-0.25, -0.2) is 0 Å². The van der Waals surface area contributed by atoms with Crippen molar-refractivity contribution >= 4 is 21.6 Å². The van der Waals surface area contributed by atoms with Gasteiger partial charge in [0.1, 0.15) is 0 Å². The van der Waals surface area contributed by atoms with Gasteiger partial charge in [-0.3, -0.25) is 0 Å². The van der Waals surface area contributed by atoms with E-state index in [1.165, 1.54) is 28.6 Å². The van der Waals surface area contributed by atoms with Crippen LogP contribution in [0.3, 0.4) is 0 Å². The zero-order valence-corrected chi connectivity index (χ0v) is 12.9. The van der Waals surface area contributed by atoms with E-state index in [0.717, 1.165) is 26.2 Å². The molecule has 2 heterocycles. The maximum atomic E-state index is 5.89. The number of ether oxygens (including phenoxy) is 1. The minimum atomic E-state index is 0.443. The quantitative estimate of drug-likeness (QED) is 0.921. The molecule has 1 N–H and O–H groups in total. The predicted octanol–water partition coefficient (Wildman–Crippen LogP) is 2.93. The van der Waals surface area contributed by atoms with Crippen molar-refractivity contribution in [3.05, 3.63) is 28.2 Å². The van der Waals surface area contributed by atoms with Crippen molar-refractivity contribution in [1.29, 1.82) is 0 Å². The van der Waals surface area contributed by atoms with E-state index < -0.39 is 0 Å². The standard InChI is InChI=1S/C15H21BrN2O/c1-2-17-8-11-3-4-12(7-15(11)16)18-9-13-5-6-14(10-18)19-13/h3-4,7,13-14,17H,2,5-6,8-10H2,1H3. The molecular formula is C15H21BrN2O. The van der Waals surface area contributed by atoms with Crippen molar-refractivity contribution in [1.82, 2.24) is 5.32 Å². The number of anilines is 1. The summed E-state index contributed by atoms with van der Waals surface area (Å²) in [6.45, 7) is 6.13. The molecule has 19 heavy (non-hydrogen) atoms. The molecule has 2 unspecified atom stereocenters. The number of nitrogens with zero attached hydrogens (tertiary/aromatic N) is 1. The molecule has 3 nitrogen and oxygen atoms in total. The molecule has 0 spiro atoms. The van der Waals surface area contributed by atoms with E-state index >= 15 is 0 Å². The number of nitrogens with one attached hydrogen (secondary N) is 1. The molecule has 1 aromatic carbocycles. The van der Waals surface area contributed by atoms with Gasteiger partial charge in [-0.1, -0.05) is 28.9 Å². The first-order valence-corrected chi connectivity index (χ1v) is 7.95. The summed E-state index contributed by atoms with van der Waals surface area (Å²) in [6, 6.07) is 6.71. The number of benzene rings is 1. The van der Waals surface area contributed by atoms with Crippen LogP contribution in [-0.2, 0) is 11.3 Å². The number of hydrogen-bond acceptors (Lipinski definition) is 3. The highest BCUT2D eigenvalue weighted by molar-refractivity contribution is 9.10. The van der Waals surface area contributed by atoms with Crippen LogP contribution in [0, 0.1) is 0 Å². The zero-order valence-electron chi connectivity index (χ0n) is 11.4. The summed E-state index contributed by atoms with van der Waals surface area (Å²) in [7, 11) is 0. The van der Waals surface area contributed by atoms with E-state index in [2.05, 4.69) is 51.3 Å². The summed E-state index contributed by atoms with van der Waals surface area (Å²) in [4.78, 5) is 2.47. The monoisotopic (exact) mass is 324 g/mol. The number of morpholine rings is 1. The van der Waals surface area contributed by atoms with E-state index in [1.54, 1.807) is 0 Å². The summed E-state index contributed by atoms with van der Waals surface area (Å²) in [6.07, 6.45) is 3.33. The molecule has 0 aromatic heterocycles. The Morgan fingerprint density at radius 2 is 2.05 bits per heavy atom. The average Bonchev–Trinajstić information content (AvgIpc) is 2.76. The van der Waals surface area contributed by atoms with Crippen LogP contribution in [-0.4, -0.2) is 31.8 Å². The maximum Gasteiger partial charge on any atom is 0.0755 e. The van der Waals surface area contributed by atoms with Crippen LogP contribution in [0.15, 0.2) is 22.7 Å². The molecule has 0 saturated carbocycles. The van der Waals surface area contributed by atoms with E-state index in [4.69, 9.17) is 4.74 Å². The molecule has 2 aliphatic rings. The molecule has 0 amide bonds. The Hall–Kier alpha value is -0.580. The minimum Gasteiger partial charge on any atom is -0.371 e. The van der Waals surface area contributed by atoms with Crippen LogP contribution in [0.2, 0.25) is 0 Å². The fourth-order valence-electron chi connectivity index (χ4n) is 2.96. The van der Waals surface area contributed by atoms with Gasteiger partial charge in [0.2, 0.25) is 0 Å². The Bertz CT molecular complexity index is 440. The normalized spacial score (nSPS) is 25.9. The Balaban J connectivity index is 1.73. The number of rotatable bonds is 4. The molecule has 0 radical (unpaired) electrons. The second kappa shape index (κ2) is 5.81. The number of halogens is 1. The first kappa shape index (κ1) is 13.4. The molecule has 3 rings (SSSR count). The van der Waals surface area contributed by atoms with Crippen molar-refractivity contribution in [2.75, 3.05) is 24.5 Å². The van der Waals surface area contributed by atoms with Gasteiger partial charge in [0.25, 0.3) is 0 Å². The topological polar surface area (TPSA) is 24.5 Å². The Labute approximate surface area is 123 Å². The van der Waals surface area contributed by atoms with Crippen LogP contribution in [0.25, 0.3) is 0 Å². The summed E-state index contributed by atoms with van der Waals surface area (Å²) < 4.78 is 7.09. The molecule has 4 heteroatoms. The average molecular weight is 325 g/mol. The minimum absolute atomic E-state index is 0.443. The SMILES string of the molecule is CCNCc1ccc(N2CC3CCC(C2)O3)cc1Br. The smallest absolute Gasteiger partial charge is 0.0755 e. The number of hydrogen-bond donors (Lipinski definition) is 1. The van der Waals surface area contributed by atoms with E-state index in [-0.39, 0.29) is 0 Å². The lowest BCUT2D eigenvalue weighted by molar-refractivity contribution is 0.0305. The molecule has 2 bridgehead atoms. The molecule has 2 aliphatic heterocycles. The van der Waals surface area contributed by atoms with Crippen LogP contribution in [0.1, 0.15) is 25.3 Å². The van der Waals surface area contributed by atoms with E-state index in [9.17, 15) is 0 Å². The summed E-state index contributed by atoms with van der Waals surface area (Å²) in [5.74, 6) is 0. The zero-order chi connectivity index (χ0) is 13.2.